The first-order valence-corrected chi connectivity index (χ1v) is 5.33. The van der Waals surface area contributed by atoms with Crippen LogP contribution in [-0.2, 0) is 0 Å². The summed E-state index contributed by atoms with van der Waals surface area (Å²) in [7, 11) is 2.12. The van der Waals surface area contributed by atoms with Crippen molar-refractivity contribution in [3.05, 3.63) is 59.3 Å². The normalized spacial score (nSPS) is 19.7. The van der Waals surface area contributed by atoms with Crippen LogP contribution in [0.4, 0.5) is 0 Å². The van der Waals surface area contributed by atoms with Crippen molar-refractivity contribution >= 4 is 0 Å². The largest absolute Gasteiger partial charge is 0.370 e. The highest BCUT2D eigenvalue weighted by Crippen LogP contribution is 2.29. The molecule has 1 aliphatic heterocycles. The first-order valence-electron chi connectivity index (χ1n) is 5.33. The number of nitrogens with zero attached hydrogens (tertiary/aromatic N) is 1. The number of benzene rings is 1. The van der Waals surface area contributed by atoms with Crippen LogP contribution < -0.4 is 0 Å². The number of rotatable bonds is 1. The topological polar surface area (TPSA) is 3.24 Å². The van der Waals surface area contributed by atoms with Crippen molar-refractivity contribution in [2.75, 3.05) is 7.05 Å². The quantitative estimate of drug-likeness (QED) is 0.670. The molecule has 1 nitrogen and oxygen atoms in total. The Kier molecular flexibility index (Phi) is 2.63. The molecule has 0 aliphatic carbocycles. The van der Waals surface area contributed by atoms with E-state index in [0.717, 1.165) is 0 Å². The molecule has 0 spiro atoms. The summed E-state index contributed by atoms with van der Waals surface area (Å²) in [5.74, 6) is 0. The second-order valence-electron chi connectivity index (χ2n) is 4.14. The van der Waals surface area contributed by atoms with Gasteiger partial charge in [0.25, 0.3) is 0 Å². The van der Waals surface area contributed by atoms with E-state index in [1.807, 2.05) is 0 Å². The van der Waals surface area contributed by atoms with Crippen LogP contribution in [0.3, 0.4) is 0 Å². The molecule has 1 atom stereocenters. The van der Waals surface area contributed by atoms with Crippen LogP contribution in [0.1, 0.15) is 22.7 Å². The van der Waals surface area contributed by atoms with E-state index in [-0.39, 0.29) is 0 Å². The maximum absolute atomic E-state index is 2.25. The average molecular weight is 199 g/mol. The molecule has 0 saturated carbocycles. The number of hydrogen-bond acceptors (Lipinski definition) is 1. The molecular weight excluding hydrogens is 182 g/mol. The van der Waals surface area contributed by atoms with E-state index < -0.39 is 0 Å². The van der Waals surface area contributed by atoms with E-state index in [1.54, 1.807) is 0 Å². The molecule has 1 aromatic rings. The van der Waals surface area contributed by atoms with Crippen molar-refractivity contribution in [1.29, 1.82) is 0 Å². The second kappa shape index (κ2) is 3.93. The Labute approximate surface area is 91.7 Å². The van der Waals surface area contributed by atoms with E-state index in [1.165, 1.54) is 16.7 Å². The summed E-state index contributed by atoms with van der Waals surface area (Å²) >= 11 is 0. The lowest BCUT2D eigenvalue weighted by Crippen LogP contribution is -2.20. The van der Waals surface area contributed by atoms with Gasteiger partial charge in [0, 0.05) is 7.05 Å². The Balaban J connectivity index is 2.45. The lowest BCUT2D eigenvalue weighted by molar-refractivity contribution is 0.387. The molecule has 78 valence electrons. The van der Waals surface area contributed by atoms with Crippen LogP contribution in [-0.4, -0.2) is 11.9 Å². The molecule has 1 heterocycles. The number of aryl methyl sites for hydroxylation is 2. The van der Waals surface area contributed by atoms with Crippen LogP contribution in [0.15, 0.2) is 42.6 Å². The van der Waals surface area contributed by atoms with Gasteiger partial charge < -0.3 is 4.90 Å². The SMILES string of the molecule is Cc1cccc(C)c1C1C=CC=CN1C. The van der Waals surface area contributed by atoms with Gasteiger partial charge in [0.15, 0.2) is 0 Å². The van der Waals surface area contributed by atoms with E-state index in [0.29, 0.717) is 6.04 Å². The van der Waals surface area contributed by atoms with Gasteiger partial charge in [0.2, 0.25) is 0 Å². The van der Waals surface area contributed by atoms with Gasteiger partial charge in [0.1, 0.15) is 0 Å². The molecule has 1 unspecified atom stereocenters. The maximum atomic E-state index is 2.25. The fourth-order valence-corrected chi connectivity index (χ4v) is 2.18. The summed E-state index contributed by atoms with van der Waals surface area (Å²) in [4.78, 5) is 2.25. The molecule has 0 radical (unpaired) electrons. The van der Waals surface area contributed by atoms with Crippen molar-refractivity contribution in [3.63, 3.8) is 0 Å². The lowest BCUT2D eigenvalue weighted by atomic mass is 9.94. The van der Waals surface area contributed by atoms with Crippen molar-refractivity contribution in [1.82, 2.24) is 4.90 Å². The van der Waals surface area contributed by atoms with Gasteiger partial charge in [-0.2, -0.15) is 0 Å². The van der Waals surface area contributed by atoms with Crippen molar-refractivity contribution in [2.24, 2.45) is 0 Å². The minimum Gasteiger partial charge on any atom is -0.370 e. The molecule has 0 N–H and O–H groups in total. The van der Waals surface area contributed by atoms with Crippen molar-refractivity contribution in [2.45, 2.75) is 19.9 Å². The van der Waals surface area contributed by atoms with Gasteiger partial charge in [-0.1, -0.05) is 30.4 Å². The monoisotopic (exact) mass is 199 g/mol. The number of allylic oxidation sites excluding steroid dienone is 2. The third-order valence-corrected chi connectivity index (χ3v) is 3.00. The van der Waals surface area contributed by atoms with Crippen molar-refractivity contribution < 1.29 is 0 Å². The molecule has 0 amide bonds. The minimum atomic E-state index is 0.385. The van der Waals surface area contributed by atoms with Crippen LogP contribution >= 0.6 is 0 Å². The molecule has 15 heavy (non-hydrogen) atoms. The maximum Gasteiger partial charge on any atom is 0.0726 e. The van der Waals surface area contributed by atoms with Crippen LogP contribution in [0.25, 0.3) is 0 Å². The predicted octanol–water partition coefficient (Wildman–Crippen LogP) is 3.36. The van der Waals surface area contributed by atoms with E-state index in [4.69, 9.17) is 0 Å². The molecule has 0 bridgehead atoms. The smallest absolute Gasteiger partial charge is 0.0726 e. The third kappa shape index (κ3) is 1.82. The third-order valence-electron chi connectivity index (χ3n) is 3.00. The van der Waals surface area contributed by atoms with Gasteiger partial charge >= 0.3 is 0 Å². The van der Waals surface area contributed by atoms with Gasteiger partial charge in [-0.15, -0.1) is 0 Å². The summed E-state index contributed by atoms with van der Waals surface area (Å²) in [6, 6.07) is 6.87. The highest BCUT2D eigenvalue weighted by atomic mass is 15.1. The van der Waals surface area contributed by atoms with Gasteiger partial charge in [0.05, 0.1) is 6.04 Å². The second-order valence-corrected chi connectivity index (χ2v) is 4.14. The Bertz CT molecular complexity index is 395. The molecule has 2 rings (SSSR count). The first-order chi connectivity index (χ1) is 7.20. The van der Waals surface area contributed by atoms with Crippen LogP contribution in [0, 0.1) is 13.8 Å². The summed E-state index contributed by atoms with van der Waals surface area (Å²) < 4.78 is 0. The van der Waals surface area contributed by atoms with Gasteiger partial charge in [-0.05, 0) is 42.8 Å². The van der Waals surface area contributed by atoms with E-state index >= 15 is 0 Å². The molecule has 0 fully saturated rings. The summed E-state index contributed by atoms with van der Waals surface area (Å²) in [5.41, 5.74) is 4.17. The van der Waals surface area contributed by atoms with Crippen LogP contribution in [0.5, 0.6) is 0 Å². The summed E-state index contributed by atoms with van der Waals surface area (Å²) in [6.45, 7) is 4.37. The molecule has 1 aliphatic rings. The zero-order valence-corrected chi connectivity index (χ0v) is 9.57. The molecule has 1 aromatic carbocycles. The molecule has 1 heteroatoms. The Morgan fingerprint density at radius 3 is 2.33 bits per heavy atom. The van der Waals surface area contributed by atoms with E-state index in [2.05, 4.69) is 68.4 Å². The number of likely N-dealkylation sites (N-methyl/N-ethyl adjacent to an activating group) is 1. The Morgan fingerprint density at radius 1 is 1.07 bits per heavy atom. The predicted molar refractivity (Wildman–Crippen MR) is 64.7 cm³/mol. The molecule has 0 aromatic heterocycles. The fraction of sp³-hybridized carbons (Fsp3) is 0.286. The fourth-order valence-electron chi connectivity index (χ4n) is 2.18. The van der Waals surface area contributed by atoms with Crippen molar-refractivity contribution in [3.8, 4) is 0 Å². The molecule has 0 saturated heterocycles. The van der Waals surface area contributed by atoms with E-state index in [9.17, 15) is 0 Å². The Morgan fingerprint density at radius 2 is 1.73 bits per heavy atom. The minimum absolute atomic E-state index is 0.385. The summed E-state index contributed by atoms with van der Waals surface area (Å²) in [6.07, 6.45) is 8.56. The highest BCUT2D eigenvalue weighted by Gasteiger charge is 2.16. The zero-order valence-electron chi connectivity index (χ0n) is 9.57. The molecular formula is C14H17N. The summed E-state index contributed by atoms with van der Waals surface area (Å²) in [5, 5.41) is 0. The standard InChI is InChI=1S/C14H17N/c1-11-7-6-8-12(2)14(11)13-9-4-5-10-15(13)3/h4-10,13H,1-3H3. The number of hydrogen-bond donors (Lipinski definition) is 0. The zero-order chi connectivity index (χ0) is 10.8. The average Bonchev–Trinajstić information content (AvgIpc) is 2.20. The Hall–Kier alpha value is -1.50. The highest BCUT2D eigenvalue weighted by molar-refractivity contribution is 5.39. The van der Waals surface area contributed by atoms with Gasteiger partial charge in [-0.25, -0.2) is 0 Å². The van der Waals surface area contributed by atoms with Crippen LogP contribution in [0.2, 0.25) is 0 Å². The first kappa shape index (κ1) is 10.0. The lowest BCUT2D eigenvalue weighted by Gasteiger charge is -2.29. The van der Waals surface area contributed by atoms with Gasteiger partial charge in [-0.3, -0.25) is 0 Å².